The monoisotopic (exact) mass is 247 g/mol. The Hall–Kier alpha value is -0.860. The van der Waals surface area contributed by atoms with Gasteiger partial charge in [0.25, 0.3) is 0 Å². The second kappa shape index (κ2) is 6.35. The summed E-state index contributed by atoms with van der Waals surface area (Å²) < 4.78 is 0. The Morgan fingerprint density at radius 1 is 1.17 bits per heavy atom. The summed E-state index contributed by atoms with van der Waals surface area (Å²) in [5.41, 5.74) is 2.67. The lowest BCUT2D eigenvalue weighted by Crippen LogP contribution is -2.29. The van der Waals surface area contributed by atoms with Gasteiger partial charge in [-0.05, 0) is 57.6 Å². The van der Waals surface area contributed by atoms with Crippen molar-refractivity contribution in [2.75, 3.05) is 6.54 Å². The number of benzene rings is 1. The molecule has 2 N–H and O–H groups in total. The highest BCUT2D eigenvalue weighted by molar-refractivity contribution is 5.23. The predicted molar refractivity (Wildman–Crippen MR) is 75.6 cm³/mol. The van der Waals surface area contributed by atoms with Crippen LogP contribution in [0, 0.1) is 12.8 Å². The van der Waals surface area contributed by atoms with Gasteiger partial charge in [-0.2, -0.15) is 0 Å². The van der Waals surface area contributed by atoms with Gasteiger partial charge in [-0.25, -0.2) is 0 Å². The van der Waals surface area contributed by atoms with Gasteiger partial charge in [0, 0.05) is 6.04 Å². The number of aliphatic hydroxyl groups is 1. The summed E-state index contributed by atoms with van der Waals surface area (Å²) in [7, 11) is 0. The zero-order valence-electron chi connectivity index (χ0n) is 11.5. The number of hydrogen-bond donors (Lipinski definition) is 2. The van der Waals surface area contributed by atoms with Crippen molar-refractivity contribution in [2.24, 2.45) is 5.92 Å². The van der Waals surface area contributed by atoms with E-state index in [-0.39, 0.29) is 6.10 Å². The molecule has 1 aliphatic carbocycles. The molecule has 0 heterocycles. The minimum Gasteiger partial charge on any atom is -0.393 e. The molecule has 0 bridgehead atoms. The molecule has 0 spiro atoms. The molecule has 2 rings (SSSR count). The van der Waals surface area contributed by atoms with Crippen molar-refractivity contribution in [1.82, 2.24) is 5.32 Å². The second-order valence-electron chi connectivity index (χ2n) is 5.72. The molecule has 2 heteroatoms. The van der Waals surface area contributed by atoms with Crippen molar-refractivity contribution in [3.8, 4) is 0 Å². The zero-order valence-corrected chi connectivity index (χ0v) is 11.5. The Morgan fingerprint density at radius 3 is 2.39 bits per heavy atom. The van der Waals surface area contributed by atoms with Crippen molar-refractivity contribution in [2.45, 2.75) is 51.7 Å². The molecule has 0 saturated heterocycles. The number of rotatable bonds is 4. The first-order valence-electron chi connectivity index (χ1n) is 7.13. The minimum atomic E-state index is -0.0456. The van der Waals surface area contributed by atoms with E-state index < -0.39 is 0 Å². The van der Waals surface area contributed by atoms with Crippen LogP contribution in [0.15, 0.2) is 24.3 Å². The Balaban J connectivity index is 1.77. The third kappa shape index (κ3) is 3.82. The molecule has 1 unspecified atom stereocenters. The van der Waals surface area contributed by atoms with E-state index in [0.29, 0.717) is 6.04 Å². The molecule has 0 aromatic heterocycles. The summed E-state index contributed by atoms with van der Waals surface area (Å²) in [4.78, 5) is 0. The highest BCUT2D eigenvalue weighted by Crippen LogP contribution is 2.24. The van der Waals surface area contributed by atoms with E-state index in [1.807, 2.05) is 0 Å². The number of aliphatic hydroxyl groups excluding tert-OH is 1. The fraction of sp³-hybridized carbons (Fsp3) is 0.625. The van der Waals surface area contributed by atoms with E-state index in [1.165, 1.54) is 11.1 Å². The first kappa shape index (κ1) is 13.6. The molecule has 0 radical (unpaired) electrons. The van der Waals surface area contributed by atoms with Gasteiger partial charge in [-0.1, -0.05) is 29.8 Å². The van der Waals surface area contributed by atoms with Gasteiger partial charge in [0.1, 0.15) is 0 Å². The molecule has 1 aromatic carbocycles. The van der Waals surface area contributed by atoms with Gasteiger partial charge >= 0.3 is 0 Å². The largest absolute Gasteiger partial charge is 0.393 e. The van der Waals surface area contributed by atoms with Gasteiger partial charge in [0.2, 0.25) is 0 Å². The Labute approximate surface area is 110 Å². The summed E-state index contributed by atoms with van der Waals surface area (Å²) in [5.74, 6) is 0.737. The smallest absolute Gasteiger partial charge is 0.0540 e. The van der Waals surface area contributed by atoms with E-state index in [1.54, 1.807) is 0 Å². The summed E-state index contributed by atoms with van der Waals surface area (Å²) in [6, 6.07) is 9.17. The SMILES string of the molecule is Cc1ccc(C(C)NCC2CCC(O)CC2)cc1. The first-order valence-corrected chi connectivity index (χ1v) is 7.13. The van der Waals surface area contributed by atoms with Crippen LogP contribution in [0.4, 0.5) is 0 Å². The molecular formula is C16H25NO. The quantitative estimate of drug-likeness (QED) is 0.856. The van der Waals surface area contributed by atoms with E-state index in [2.05, 4.69) is 43.4 Å². The molecule has 100 valence electrons. The molecule has 1 atom stereocenters. The first-order chi connectivity index (χ1) is 8.65. The van der Waals surface area contributed by atoms with Crippen LogP contribution in [0.5, 0.6) is 0 Å². The zero-order chi connectivity index (χ0) is 13.0. The van der Waals surface area contributed by atoms with Gasteiger partial charge < -0.3 is 10.4 Å². The molecular weight excluding hydrogens is 222 g/mol. The Kier molecular flexibility index (Phi) is 4.79. The maximum Gasteiger partial charge on any atom is 0.0540 e. The van der Waals surface area contributed by atoms with Crippen molar-refractivity contribution < 1.29 is 5.11 Å². The van der Waals surface area contributed by atoms with Gasteiger partial charge in [-0.15, -0.1) is 0 Å². The van der Waals surface area contributed by atoms with Gasteiger partial charge in [0.15, 0.2) is 0 Å². The predicted octanol–water partition coefficient (Wildman–Crippen LogP) is 3.20. The lowest BCUT2D eigenvalue weighted by atomic mass is 9.87. The van der Waals surface area contributed by atoms with Crippen LogP contribution < -0.4 is 5.32 Å². The van der Waals surface area contributed by atoms with Crippen molar-refractivity contribution in [1.29, 1.82) is 0 Å². The maximum atomic E-state index is 9.49. The van der Waals surface area contributed by atoms with E-state index >= 15 is 0 Å². The second-order valence-corrected chi connectivity index (χ2v) is 5.72. The maximum absolute atomic E-state index is 9.49. The summed E-state index contributed by atoms with van der Waals surface area (Å²) in [6.45, 7) is 5.42. The average Bonchev–Trinajstić information content (AvgIpc) is 2.38. The molecule has 1 fully saturated rings. The molecule has 18 heavy (non-hydrogen) atoms. The van der Waals surface area contributed by atoms with Crippen LogP contribution in [-0.4, -0.2) is 17.8 Å². The number of aryl methyl sites for hydroxylation is 1. The van der Waals surface area contributed by atoms with Crippen molar-refractivity contribution in [3.05, 3.63) is 35.4 Å². The molecule has 1 saturated carbocycles. The topological polar surface area (TPSA) is 32.3 Å². The van der Waals surface area contributed by atoms with Crippen LogP contribution in [0.1, 0.15) is 49.8 Å². The standard InChI is InChI=1S/C16H25NO/c1-12-3-7-15(8-4-12)13(2)17-11-14-5-9-16(18)10-6-14/h3-4,7-8,13-14,16-18H,5-6,9-11H2,1-2H3. The molecule has 2 nitrogen and oxygen atoms in total. The van der Waals surface area contributed by atoms with Crippen LogP contribution >= 0.6 is 0 Å². The van der Waals surface area contributed by atoms with Gasteiger partial charge in [-0.3, -0.25) is 0 Å². The molecule has 0 aliphatic heterocycles. The molecule has 1 aliphatic rings. The van der Waals surface area contributed by atoms with Crippen molar-refractivity contribution in [3.63, 3.8) is 0 Å². The fourth-order valence-corrected chi connectivity index (χ4v) is 2.67. The lowest BCUT2D eigenvalue weighted by molar-refractivity contribution is 0.108. The molecule has 0 amide bonds. The lowest BCUT2D eigenvalue weighted by Gasteiger charge is -2.27. The van der Waals surface area contributed by atoms with Crippen LogP contribution in [0.2, 0.25) is 0 Å². The highest BCUT2D eigenvalue weighted by Gasteiger charge is 2.19. The van der Waals surface area contributed by atoms with Crippen LogP contribution in [0.25, 0.3) is 0 Å². The van der Waals surface area contributed by atoms with Crippen LogP contribution in [0.3, 0.4) is 0 Å². The van der Waals surface area contributed by atoms with Crippen LogP contribution in [-0.2, 0) is 0 Å². The minimum absolute atomic E-state index is 0.0456. The van der Waals surface area contributed by atoms with E-state index in [0.717, 1.165) is 38.1 Å². The number of nitrogens with one attached hydrogen (secondary N) is 1. The summed E-state index contributed by atoms with van der Waals surface area (Å²) >= 11 is 0. The van der Waals surface area contributed by atoms with E-state index in [4.69, 9.17) is 0 Å². The average molecular weight is 247 g/mol. The highest BCUT2D eigenvalue weighted by atomic mass is 16.3. The normalized spacial score (nSPS) is 25.9. The summed E-state index contributed by atoms with van der Waals surface area (Å²) in [5, 5.41) is 13.1. The Bertz CT molecular complexity index is 352. The summed E-state index contributed by atoms with van der Waals surface area (Å²) in [6.07, 6.45) is 4.23. The third-order valence-electron chi connectivity index (χ3n) is 4.11. The third-order valence-corrected chi connectivity index (χ3v) is 4.11. The number of hydrogen-bond acceptors (Lipinski definition) is 2. The Morgan fingerprint density at radius 2 is 1.78 bits per heavy atom. The molecule has 1 aromatic rings. The van der Waals surface area contributed by atoms with Crippen molar-refractivity contribution >= 4 is 0 Å². The van der Waals surface area contributed by atoms with Gasteiger partial charge in [0.05, 0.1) is 6.10 Å². The fourth-order valence-electron chi connectivity index (χ4n) is 2.67. The van der Waals surface area contributed by atoms with E-state index in [9.17, 15) is 5.11 Å².